The topological polar surface area (TPSA) is 49.0 Å². The zero-order chi connectivity index (χ0) is 14.4. The van der Waals surface area contributed by atoms with E-state index in [1.54, 1.807) is 0 Å². The van der Waals surface area contributed by atoms with Gasteiger partial charge in [0.15, 0.2) is 0 Å². The molecule has 2 aromatic rings. The first-order chi connectivity index (χ1) is 10.3. The lowest BCUT2D eigenvalue weighted by molar-refractivity contribution is 0.0651. The van der Waals surface area contributed by atoms with E-state index in [1.807, 2.05) is 22.3 Å². The molecular weight excluding hydrogens is 282 g/mol. The van der Waals surface area contributed by atoms with E-state index >= 15 is 0 Å². The zero-order valence-electron chi connectivity index (χ0n) is 12.1. The summed E-state index contributed by atoms with van der Waals surface area (Å²) in [5, 5.41) is 9.43. The van der Waals surface area contributed by atoms with Gasteiger partial charge in [0.2, 0.25) is 0 Å². The minimum atomic E-state index is 0.0712. The lowest BCUT2D eigenvalue weighted by Gasteiger charge is -2.35. The second-order valence-corrected chi connectivity index (χ2v) is 6.96. The predicted molar refractivity (Wildman–Crippen MR) is 82.7 cm³/mol. The average Bonchev–Trinajstić information content (AvgIpc) is 3.05. The maximum absolute atomic E-state index is 12.8. The molecule has 1 aliphatic heterocycles. The molecule has 1 atom stereocenters. The van der Waals surface area contributed by atoms with Crippen molar-refractivity contribution >= 4 is 17.2 Å². The van der Waals surface area contributed by atoms with Crippen LogP contribution in [0.15, 0.2) is 17.5 Å². The lowest BCUT2D eigenvalue weighted by atomic mass is 9.97. The van der Waals surface area contributed by atoms with Crippen LogP contribution < -0.4 is 0 Å². The van der Waals surface area contributed by atoms with Crippen molar-refractivity contribution in [3.8, 4) is 0 Å². The summed E-state index contributed by atoms with van der Waals surface area (Å²) in [6.45, 7) is 2.95. The van der Waals surface area contributed by atoms with Crippen molar-refractivity contribution in [2.75, 3.05) is 6.54 Å². The number of carbonyl (C=O) groups excluding carboxylic acids is 1. The van der Waals surface area contributed by atoms with Crippen LogP contribution in [0.25, 0.3) is 0 Å². The van der Waals surface area contributed by atoms with Crippen LogP contribution in [0.5, 0.6) is 0 Å². The Balaban J connectivity index is 1.61. The van der Waals surface area contributed by atoms with Gasteiger partial charge in [-0.2, -0.15) is 5.10 Å². The Hall–Kier alpha value is -1.62. The summed E-state index contributed by atoms with van der Waals surface area (Å²) in [6, 6.07) is 4.33. The minimum absolute atomic E-state index is 0.0712. The van der Waals surface area contributed by atoms with E-state index in [4.69, 9.17) is 0 Å². The molecule has 0 saturated heterocycles. The predicted octanol–water partition coefficient (Wildman–Crippen LogP) is 3.50. The number of aromatic nitrogens is 2. The first-order valence-corrected chi connectivity index (χ1v) is 8.58. The van der Waals surface area contributed by atoms with Gasteiger partial charge in [-0.1, -0.05) is 6.92 Å². The van der Waals surface area contributed by atoms with E-state index in [1.165, 1.54) is 23.3 Å². The van der Waals surface area contributed by atoms with Gasteiger partial charge < -0.3 is 4.90 Å². The fourth-order valence-electron chi connectivity index (χ4n) is 3.28. The minimum Gasteiger partial charge on any atom is -0.330 e. The molecule has 0 aromatic carbocycles. The number of amides is 1. The van der Waals surface area contributed by atoms with E-state index in [0.717, 1.165) is 25.1 Å². The molecule has 3 heterocycles. The van der Waals surface area contributed by atoms with Crippen LogP contribution in [-0.4, -0.2) is 27.5 Å². The van der Waals surface area contributed by atoms with Crippen molar-refractivity contribution in [2.45, 2.75) is 44.6 Å². The standard InChI is InChI=1S/C16H19N3OS/c1-2-14-11-6-8-21-15(11)5-7-19(14)16(20)13-9-12(17-18-13)10-3-4-10/h6,8-10,14H,2-5,7H2,1H3,(H,17,18)/t14-/m1/s1. The third-order valence-corrected chi connectivity index (χ3v) is 5.57. The molecule has 4 nitrogen and oxygen atoms in total. The summed E-state index contributed by atoms with van der Waals surface area (Å²) in [4.78, 5) is 16.2. The Labute approximate surface area is 128 Å². The first kappa shape index (κ1) is 13.1. The molecule has 2 aromatic heterocycles. The monoisotopic (exact) mass is 301 g/mol. The molecule has 0 bridgehead atoms. The number of carbonyl (C=O) groups is 1. The fraction of sp³-hybridized carbons (Fsp3) is 0.500. The summed E-state index contributed by atoms with van der Waals surface area (Å²) in [7, 11) is 0. The molecule has 1 fully saturated rings. The van der Waals surface area contributed by atoms with E-state index in [2.05, 4.69) is 28.6 Å². The highest BCUT2D eigenvalue weighted by atomic mass is 32.1. The molecule has 1 amide bonds. The quantitative estimate of drug-likeness (QED) is 0.943. The maximum Gasteiger partial charge on any atom is 0.274 e. The third-order valence-electron chi connectivity index (χ3n) is 4.58. The van der Waals surface area contributed by atoms with Crippen molar-refractivity contribution in [3.05, 3.63) is 39.3 Å². The molecule has 5 heteroatoms. The number of rotatable bonds is 3. The number of fused-ring (bicyclic) bond motifs is 1. The number of nitrogens with zero attached hydrogens (tertiary/aromatic N) is 2. The van der Waals surface area contributed by atoms with Crippen LogP contribution in [0.2, 0.25) is 0 Å². The number of hydrogen-bond acceptors (Lipinski definition) is 3. The summed E-state index contributed by atoms with van der Waals surface area (Å²) in [6.07, 6.45) is 4.36. The Bertz CT molecular complexity index is 671. The molecular formula is C16H19N3OS. The van der Waals surface area contributed by atoms with Crippen LogP contribution in [0, 0.1) is 0 Å². The van der Waals surface area contributed by atoms with Gasteiger partial charge in [0.25, 0.3) is 5.91 Å². The number of H-pyrrole nitrogens is 1. The largest absolute Gasteiger partial charge is 0.330 e. The second-order valence-electron chi connectivity index (χ2n) is 5.95. The molecule has 2 aliphatic rings. The van der Waals surface area contributed by atoms with Gasteiger partial charge in [-0.25, -0.2) is 0 Å². The highest BCUT2D eigenvalue weighted by Crippen LogP contribution is 2.40. The normalized spacial score (nSPS) is 21.4. The SMILES string of the molecule is CC[C@@H]1c2ccsc2CCN1C(=O)c1cc(C2CC2)[nH]n1. The molecule has 1 N–H and O–H groups in total. The van der Waals surface area contributed by atoms with E-state index in [0.29, 0.717) is 11.6 Å². The smallest absolute Gasteiger partial charge is 0.274 e. The summed E-state index contributed by atoms with van der Waals surface area (Å²) in [5.74, 6) is 0.674. The number of thiophene rings is 1. The van der Waals surface area contributed by atoms with Gasteiger partial charge in [-0.15, -0.1) is 11.3 Å². The Morgan fingerprint density at radius 3 is 3.14 bits per heavy atom. The van der Waals surface area contributed by atoms with Crippen LogP contribution >= 0.6 is 11.3 Å². The second kappa shape index (κ2) is 4.98. The zero-order valence-corrected chi connectivity index (χ0v) is 12.9. The highest BCUT2D eigenvalue weighted by Gasteiger charge is 2.33. The van der Waals surface area contributed by atoms with Crippen LogP contribution in [0.3, 0.4) is 0 Å². The van der Waals surface area contributed by atoms with E-state index in [9.17, 15) is 4.79 Å². The van der Waals surface area contributed by atoms with Gasteiger partial charge in [-0.3, -0.25) is 9.89 Å². The Morgan fingerprint density at radius 2 is 2.38 bits per heavy atom. The Morgan fingerprint density at radius 1 is 1.52 bits per heavy atom. The lowest BCUT2D eigenvalue weighted by Crippen LogP contribution is -2.39. The molecule has 0 unspecified atom stereocenters. The summed E-state index contributed by atoms with van der Waals surface area (Å²) < 4.78 is 0. The summed E-state index contributed by atoms with van der Waals surface area (Å²) >= 11 is 1.81. The Kier molecular flexibility index (Phi) is 3.10. The van der Waals surface area contributed by atoms with Crippen molar-refractivity contribution in [1.29, 1.82) is 0 Å². The molecule has 0 radical (unpaired) electrons. The van der Waals surface area contributed by atoms with Crippen LogP contribution in [-0.2, 0) is 6.42 Å². The van der Waals surface area contributed by atoms with Crippen LogP contribution in [0.4, 0.5) is 0 Å². The average molecular weight is 301 g/mol. The fourth-order valence-corrected chi connectivity index (χ4v) is 4.20. The molecule has 1 aliphatic carbocycles. The van der Waals surface area contributed by atoms with Gasteiger partial charge in [0, 0.05) is 23.0 Å². The number of aromatic amines is 1. The first-order valence-electron chi connectivity index (χ1n) is 7.70. The van der Waals surface area contributed by atoms with Crippen molar-refractivity contribution in [3.63, 3.8) is 0 Å². The van der Waals surface area contributed by atoms with Gasteiger partial charge in [0.05, 0.1) is 6.04 Å². The van der Waals surface area contributed by atoms with Crippen molar-refractivity contribution in [2.24, 2.45) is 0 Å². The third kappa shape index (κ3) is 2.20. The van der Waals surface area contributed by atoms with Gasteiger partial charge >= 0.3 is 0 Å². The molecule has 1 saturated carbocycles. The van der Waals surface area contributed by atoms with Crippen LogP contribution in [0.1, 0.15) is 64.8 Å². The van der Waals surface area contributed by atoms with Crippen molar-refractivity contribution in [1.82, 2.24) is 15.1 Å². The molecule has 110 valence electrons. The van der Waals surface area contributed by atoms with Gasteiger partial charge in [-0.05, 0) is 48.8 Å². The molecule has 4 rings (SSSR count). The van der Waals surface area contributed by atoms with Crippen molar-refractivity contribution < 1.29 is 4.79 Å². The number of hydrogen-bond donors (Lipinski definition) is 1. The maximum atomic E-state index is 12.8. The van der Waals surface area contributed by atoms with Gasteiger partial charge in [0.1, 0.15) is 5.69 Å². The highest BCUT2D eigenvalue weighted by molar-refractivity contribution is 7.10. The molecule has 0 spiro atoms. The summed E-state index contributed by atoms with van der Waals surface area (Å²) in [5.41, 5.74) is 3.04. The molecule has 21 heavy (non-hydrogen) atoms. The van der Waals surface area contributed by atoms with E-state index in [-0.39, 0.29) is 11.9 Å². The number of nitrogens with one attached hydrogen (secondary N) is 1. The van der Waals surface area contributed by atoms with E-state index < -0.39 is 0 Å².